The van der Waals surface area contributed by atoms with Crippen molar-refractivity contribution in [2.75, 3.05) is 13.4 Å². The van der Waals surface area contributed by atoms with Crippen molar-refractivity contribution in [3.63, 3.8) is 0 Å². The Kier molecular flexibility index (Phi) is 5.70. The molecular formula is C16H20FNO2S. The fourth-order valence-corrected chi connectivity index (χ4v) is 2.50. The van der Waals surface area contributed by atoms with Crippen LogP contribution in [0.3, 0.4) is 0 Å². The van der Waals surface area contributed by atoms with E-state index in [0.29, 0.717) is 6.54 Å². The number of ether oxygens (including phenoxy) is 1. The van der Waals surface area contributed by atoms with Gasteiger partial charge in [0.25, 0.3) is 0 Å². The Balaban J connectivity index is 1.94. The molecule has 1 heterocycles. The molecule has 0 aliphatic carbocycles. The standard InChI is InChI=1S/C16H20FNO2S/c1-11(12-4-7-16(19-2)15(17)8-12)18-9-13-5-6-14(20-13)10-21-3/h4-8,11,18H,9-10H2,1-3H3. The smallest absolute Gasteiger partial charge is 0.165 e. The van der Waals surface area contributed by atoms with Crippen molar-refractivity contribution in [1.29, 1.82) is 0 Å². The zero-order chi connectivity index (χ0) is 15.2. The second kappa shape index (κ2) is 7.52. The SMILES string of the molecule is COc1ccc(C(C)NCc2ccc(CSC)o2)cc1F. The molecule has 1 N–H and O–H groups in total. The maximum atomic E-state index is 13.7. The van der Waals surface area contributed by atoms with Crippen molar-refractivity contribution in [2.45, 2.75) is 25.3 Å². The molecule has 1 aromatic heterocycles. The summed E-state index contributed by atoms with van der Waals surface area (Å²) in [7, 11) is 1.46. The summed E-state index contributed by atoms with van der Waals surface area (Å²) in [6.45, 7) is 2.61. The van der Waals surface area contributed by atoms with Crippen molar-refractivity contribution < 1.29 is 13.5 Å². The van der Waals surface area contributed by atoms with Crippen molar-refractivity contribution in [1.82, 2.24) is 5.32 Å². The highest BCUT2D eigenvalue weighted by molar-refractivity contribution is 7.97. The minimum Gasteiger partial charge on any atom is -0.494 e. The average molecular weight is 309 g/mol. The predicted molar refractivity (Wildman–Crippen MR) is 84.1 cm³/mol. The van der Waals surface area contributed by atoms with Gasteiger partial charge in [-0.05, 0) is 43.0 Å². The Hall–Kier alpha value is -1.46. The van der Waals surface area contributed by atoms with E-state index in [-0.39, 0.29) is 17.6 Å². The second-order valence-electron chi connectivity index (χ2n) is 4.80. The number of rotatable bonds is 7. The van der Waals surface area contributed by atoms with Gasteiger partial charge in [-0.25, -0.2) is 4.39 Å². The molecule has 0 saturated heterocycles. The van der Waals surface area contributed by atoms with E-state index in [4.69, 9.17) is 9.15 Å². The van der Waals surface area contributed by atoms with Gasteiger partial charge in [0.05, 0.1) is 19.4 Å². The molecule has 2 rings (SSSR count). The monoisotopic (exact) mass is 309 g/mol. The van der Waals surface area contributed by atoms with E-state index in [1.54, 1.807) is 17.8 Å². The molecule has 5 heteroatoms. The van der Waals surface area contributed by atoms with Crippen LogP contribution in [0.5, 0.6) is 5.75 Å². The fraction of sp³-hybridized carbons (Fsp3) is 0.375. The number of thioether (sulfide) groups is 1. The first kappa shape index (κ1) is 15.9. The van der Waals surface area contributed by atoms with Gasteiger partial charge < -0.3 is 14.5 Å². The molecule has 1 unspecified atom stereocenters. The van der Waals surface area contributed by atoms with Gasteiger partial charge in [-0.3, -0.25) is 0 Å². The minimum atomic E-state index is -0.344. The van der Waals surface area contributed by atoms with Crippen LogP contribution in [0, 0.1) is 5.82 Å². The van der Waals surface area contributed by atoms with Gasteiger partial charge in [-0.2, -0.15) is 11.8 Å². The molecule has 0 amide bonds. The lowest BCUT2D eigenvalue weighted by molar-refractivity contribution is 0.385. The topological polar surface area (TPSA) is 34.4 Å². The predicted octanol–water partition coefficient (Wildman–Crippen LogP) is 4.14. The number of methoxy groups -OCH3 is 1. The minimum absolute atomic E-state index is 0.0273. The highest BCUT2D eigenvalue weighted by Gasteiger charge is 2.10. The van der Waals surface area contributed by atoms with Gasteiger partial charge in [0.1, 0.15) is 11.5 Å². The lowest BCUT2D eigenvalue weighted by Crippen LogP contribution is -2.17. The Morgan fingerprint density at radius 3 is 2.71 bits per heavy atom. The maximum absolute atomic E-state index is 13.7. The van der Waals surface area contributed by atoms with Crippen LogP contribution in [-0.4, -0.2) is 13.4 Å². The van der Waals surface area contributed by atoms with Crippen molar-refractivity contribution in [2.24, 2.45) is 0 Å². The molecule has 2 aromatic rings. The second-order valence-corrected chi connectivity index (χ2v) is 5.66. The van der Waals surface area contributed by atoms with E-state index in [2.05, 4.69) is 5.32 Å². The van der Waals surface area contributed by atoms with Crippen molar-refractivity contribution in [3.8, 4) is 5.75 Å². The highest BCUT2D eigenvalue weighted by Crippen LogP contribution is 2.22. The number of halogens is 1. The zero-order valence-corrected chi connectivity index (χ0v) is 13.3. The van der Waals surface area contributed by atoms with Gasteiger partial charge in [0, 0.05) is 6.04 Å². The summed E-state index contributed by atoms with van der Waals surface area (Å²) in [6, 6.07) is 9.00. The highest BCUT2D eigenvalue weighted by atomic mass is 32.2. The number of hydrogen-bond donors (Lipinski definition) is 1. The van der Waals surface area contributed by atoms with E-state index in [1.165, 1.54) is 13.2 Å². The Labute approximate surface area is 128 Å². The molecule has 1 aromatic carbocycles. The van der Waals surface area contributed by atoms with Crippen LogP contribution in [0.25, 0.3) is 0 Å². The molecule has 0 aliphatic heterocycles. The van der Waals surface area contributed by atoms with Crippen LogP contribution in [0.1, 0.15) is 30.0 Å². The molecule has 0 radical (unpaired) electrons. The van der Waals surface area contributed by atoms with E-state index in [1.807, 2.05) is 31.4 Å². The summed E-state index contributed by atoms with van der Waals surface area (Å²) >= 11 is 1.73. The molecule has 21 heavy (non-hydrogen) atoms. The third-order valence-corrected chi connectivity index (χ3v) is 3.84. The van der Waals surface area contributed by atoms with Crippen LogP contribution >= 0.6 is 11.8 Å². The van der Waals surface area contributed by atoms with E-state index in [0.717, 1.165) is 22.8 Å². The summed E-state index contributed by atoms with van der Waals surface area (Å²) in [5, 5.41) is 3.33. The molecule has 0 bridgehead atoms. The third kappa shape index (κ3) is 4.25. The number of hydrogen-bond acceptors (Lipinski definition) is 4. The van der Waals surface area contributed by atoms with Crippen LogP contribution in [0.4, 0.5) is 4.39 Å². The quantitative estimate of drug-likeness (QED) is 0.833. The molecule has 0 saturated carbocycles. The van der Waals surface area contributed by atoms with Crippen LogP contribution in [-0.2, 0) is 12.3 Å². The first-order chi connectivity index (χ1) is 10.1. The van der Waals surface area contributed by atoms with Crippen molar-refractivity contribution >= 4 is 11.8 Å². The first-order valence-corrected chi connectivity index (χ1v) is 8.16. The molecule has 114 valence electrons. The molecule has 0 fully saturated rings. The van der Waals surface area contributed by atoms with Crippen LogP contribution in [0.2, 0.25) is 0 Å². The van der Waals surface area contributed by atoms with Crippen LogP contribution < -0.4 is 10.1 Å². The fourth-order valence-electron chi connectivity index (χ4n) is 2.06. The summed E-state index contributed by atoms with van der Waals surface area (Å²) < 4.78 is 24.3. The Bertz CT molecular complexity index is 585. The number of benzene rings is 1. The maximum Gasteiger partial charge on any atom is 0.165 e. The number of furan rings is 1. The summed E-state index contributed by atoms with van der Waals surface area (Å²) in [5.74, 6) is 2.66. The Morgan fingerprint density at radius 1 is 1.29 bits per heavy atom. The summed E-state index contributed by atoms with van der Waals surface area (Å²) in [6.07, 6.45) is 2.04. The Morgan fingerprint density at radius 2 is 2.05 bits per heavy atom. The first-order valence-electron chi connectivity index (χ1n) is 6.77. The van der Waals surface area contributed by atoms with Gasteiger partial charge in [-0.15, -0.1) is 0 Å². The lowest BCUT2D eigenvalue weighted by Gasteiger charge is -2.14. The van der Waals surface area contributed by atoms with Gasteiger partial charge in [0.15, 0.2) is 11.6 Å². The van der Waals surface area contributed by atoms with E-state index >= 15 is 0 Å². The zero-order valence-electron chi connectivity index (χ0n) is 12.5. The van der Waals surface area contributed by atoms with Crippen molar-refractivity contribution in [3.05, 3.63) is 53.2 Å². The van der Waals surface area contributed by atoms with Gasteiger partial charge in [-0.1, -0.05) is 6.07 Å². The van der Waals surface area contributed by atoms with Gasteiger partial charge in [0.2, 0.25) is 0 Å². The normalized spacial score (nSPS) is 12.4. The molecule has 0 aliphatic rings. The summed E-state index contributed by atoms with van der Waals surface area (Å²) in [4.78, 5) is 0. The molecule has 0 spiro atoms. The largest absolute Gasteiger partial charge is 0.494 e. The molecule has 3 nitrogen and oxygen atoms in total. The molecular weight excluding hydrogens is 289 g/mol. The van der Waals surface area contributed by atoms with E-state index in [9.17, 15) is 4.39 Å². The molecule has 1 atom stereocenters. The summed E-state index contributed by atoms with van der Waals surface area (Å²) in [5.41, 5.74) is 0.879. The van der Waals surface area contributed by atoms with Crippen LogP contribution in [0.15, 0.2) is 34.7 Å². The van der Waals surface area contributed by atoms with E-state index < -0.39 is 0 Å². The van der Waals surface area contributed by atoms with Gasteiger partial charge >= 0.3 is 0 Å². The average Bonchev–Trinajstić information content (AvgIpc) is 2.93. The lowest BCUT2D eigenvalue weighted by atomic mass is 10.1. The third-order valence-electron chi connectivity index (χ3n) is 3.26. The number of nitrogens with one attached hydrogen (secondary N) is 1.